The van der Waals surface area contributed by atoms with Crippen molar-refractivity contribution >= 4 is 6.29 Å². The van der Waals surface area contributed by atoms with E-state index in [2.05, 4.69) is 4.90 Å². The summed E-state index contributed by atoms with van der Waals surface area (Å²) in [5.41, 5.74) is -0.363. The SMILES string of the molecule is CN(C1CCOC1)C(C)(C)C=O. The molecule has 1 aliphatic rings. The second-order valence-corrected chi connectivity index (χ2v) is 3.90. The quantitative estimate of drug-likeness (QED) is 0.585. The fraction of sp³-hybridized carbons (Fsp3) is 0.889. The highest BCUT2D eigenvalue weighted by Gasteiger charge is 2.31. The number of carbonyl (C=O) groups is 1. The molecule has 1 atom stereocenters. The molecule has 0 aromatic rings. The summed E-state index contributed by atoms with van der Waals surface area (Å²) in [5, 5.41) is 0. The third kappa shape index (κ3) is 1.84. The van der Waals surface area contributed by atoms with Crippen LogP contribution in [0, 0.1) is 0 Å². The van der Waals surface area contributed by atoms with Gasteiger partial charge in [-0.3, -0.25) is 4.90 Å². The van der Waals surface area contributed by atoms with Crippen LogP contribution in [0.3, 0.4) is 0 Å². The number of nitrogens with zero attached hydrogens (tertiary/aromatic N) is 1. The standard InChI is InChI=1S/C9H17NO2/c1-9(2,7-11)10(3)8-4-5-12-6-8/h7-8H,4-6H2,1-3H3. The second kappa shape index (κ2) is 3.54. The molecule has 70 valence electrons. The summed E-state index contributed by atoms with van der Waals surface area (Å²) in [7, 11) is 1.98. The van der Waals surface area contributed by atoms with Gasteiger partial charge in [0.05, 0.1) is 12.1 Å². The highest BCUT2D eigenvalue weighted by molar-refractivity contribution is 5.62. The summed E-state index contributed by atoms with van der Waals surface area (Å²) in [6, 6.07) is 0.408. The van der Waals surface area contributed by atoms with Crippen molar-refractivity contribution < 1.29 is 9.53 Å². The topological polar surface area (TPSA) is 29.5 Å². The van der Waals surface area contributed by atoms with E-state index in [1.165, 1.54) is 0 Å². The van der Waals surface area contributed by atoms with Crippen molar-refractivity contribution in [1.82, 2.24) is 4.90 Å². The first-order valence-electron chi connectivity index (χ1n) is 4.35. The fourth-order valence-electron chi connectivity index (χ4n) is 1.38. The van der Waals surface area contributed by atoms with Crippen LogP contribution >= 0.6 is 0 Å². The normalized spacial score (nSPS) is 24.8. The van der Waals surface area contributed by atoms with Gasteiger partial charge < -0.3 is 9.53 Å². The van der Waals surface area contributed by atoms with Crippen LogP contribution in [-0.4, -0.2) is 43.0 Å². The van der Waals surface area contributed by atoms with Gasteiger partial charge in [-0.15, -0.1) is 0 Å². The van der Waals surface area contributed by atoms with Gasteiger partial charge in [-0.2, -0.15) is 0 Å². The third-order valence-corrected chi connectivity index (χ3v) is 2.65. The number of ether oxygens (including phenoxy) is 1. The van der Waals surface area contributed by atoms with Crippen molar-refractivity contribution in [2.75, 3.05) is 20.3 Å². The van der Waals surface area contributed by atoms with Crippen molar-refractivity contribution in [2.45, 2.75) is 31.8 Å². The molecule has 0 spiro atoms. The highest BCUT2D eigenvalue weighted by Crippen LogP contribution is 2.18. The summed E-state index contributed by atoms with van der Waals surface area (Å²) in [6.07, 6.45) is 2.03. The monoisotopic (exact) mass is 171 g/mol. The third-order valence-electron chi connectivity index (χ3n) is 2.65. The van der Waals surface area contributed by atoms with E-state index in [9.17, 15) is 4.79 Å². The highest BCUT2D eigenvalue weighted by atomic mass is 16.5. The van der Waals surface area contributed by atoms with Gasteiger partial charge in [0.25, 0.3) is 0 Å². The lowest BCUT2D eigenvalue weighted by Crippen LogP contribution is -2.48. The Balaban J connectivity index is 2.55. The van der Waals surface area contributed by atoms with Crippen LogP contribution in [0.1, 0.15) is 20.3 Å². The van der Waals surface area contributed by atoms with Crippen molar-refractivity contribution in [3.8, 4) is 0 Å². The Bertz CT molecular complexity index is 162. The van der Waals surface area contributed by atoms with Crippen LogP contribution < -0.4 is 0 Å². The molecule has 0 aromatic carbocycles. The van der Waals surface area contributed by atoms with Gasteiger partial charge in [-0.25, -0.2) is 0 Å². The Morgan fingerprint density at radius 3 is 2.67 bits per heavy atom. The summed E-state index contributed by atoms with van der Waals surface area (Å²) in [6.45, 7) is 5.44. The van der Waals surface area contributed by atoms with E-state index in [0.717, 1.165) is 25.9 Å². The summed E-state index contributed by atoms with van der Waals surface area (Å²) in [4.78, 5) is 12.8. The molecule has 1 rings (SSSR count). The molecule has 1 aliphatic heterocycles. The molecular formula is C9H17NO2. The van der Waals surface area contributed by atoms with E-state index in [4.69, 9.17) is 4.74 Å². The van der Waals surface area contributed by atoms with Crippen molar-refractivity contribution in [3.05, 3.63) is 0 Å². The minimum atomic E-state index is -0.363. The van der Waals surface area contributed by atoms with Gasteiger partial charge in [0.2, 0.25) is 0 Å². The van der Waals surface area contributed by atoms with E-state index in [-0.39, 0.29) is 5.54 Å². The zero-order chi connectivity index (χ0) is 9.19. The van der Waals surface area contributed by atoms with Crippen LogP contribution in [0.15, 0.2) is 0 Å². The van der Waals surface area contributed by atoms with Crippen LogP contribution in [0.25, 0.3) is 0 Å². The smallest absolute Gasteiger partial charge is 0.139 e. The van der Waals surface area contributed by atoms with Crippen LogP contribution in [-0.2, 0) is 9.53 Å². The van der Waals surface area contributed by atoms with Crippen molar-refractivity contribution in [1.29, 1.82) is 0 Å². The predicted molar refractivity (Wildman–Crippen MR) is 47.1 cm³/mol. The molecule has 3 nitrogen and oxygen atoms in total. The molecule has 0 N–H and O–H groups in total. The van der Waals surface area contributed by atoms with Gasteiger partial charge in [-0.1, -0.05) is 0 Å². The van der Waals surface area contributed by atoms with Gasteiger partial charge >= 0.3 is 0 Å². The lowest BCUT2D eigenvalue weighted by molar-refractivity contribution is -0.117. The number of likely N-dealkylation sites (N-methyl/N-ethyl adjacent to an activating group) is 1. The largest absolute Gasteiger partial charge is 0.380 e. The average molecular weight is 171 g/mol. The first kappa shape index (κ1) is 9.68. The summed E-state index contributed by atoms with van der Waals surface area (Å²) < 4.78 is 5.26. The maximum Gasteiger partial charge on any atom is 0.139 e. The maximum atomic E-state index is 10.7. The van der Waals surface area contributed by atoms with Gasteiger partial charge in [-0.05, 0) is 27.3 Å². The van der Waals surface area contributed by atoms with Gasteiger partial charge in [0, 0.05) is 12.6 Å². The number of hydrogen-bond acceptors (Lipinski definition) is 3. The molecule has 12 heavy (non-hydrogen) atoms. The lowest BCUT2D eigenvalue weighted by Gasteiger charge is -2.34. The van der Waals surface area contributed by atoms with Crippen LogP contribution in [0.2, 0.25) is 0 Å². The van der Waals surface area contributed by atoms with E-state index in [1.807, 2.05) is 20.9 Å². The number of carbonyl (C=O) groups excluding carboxylic acids is 1. The average Bonchev–Trinajstić information content (AvgIpc) is 2.55. The van der Waals surface area contributed by atoms with E-state index in [0.29, 0.717) is 6.04 Å². The molecule has 0 radical (unpaired) electrons. The Morgan fingerprint density at radius 2 is 2.25 bits per heavy atom. The number of hydrogen-bond donors (Lipinski definition) is 0. The molecule has 0 aromatic heterocycles. The second-order valence-electron chi connectivity index (χ2n) is 3.90. The van der Waals surface area contributed by atoms with E-state index in [1.54, 1.807) is 0 Å². The maximum absolute atomic E-state index is 10.7. The molecular weight excluding hydrogens is 154 g/mol. The molecule has 0 aliphatic carbocycles. The van der Waals surface area contributed by atoms with E-state index >= 15 is 0 Å². The van der Waals surface area contributed by atoms with Crippen molar-refractivity contribution in [3.63, 3.8) is 0 Å². The molecule has 0 saturated carbocycles. The Hall–Kier alpha value is -0.410. The minimum Gasteiger partial charge on any atom is -0.380 e. The Kier molecular flexibility index (Phi) is 2.85. The zero-order valence-electron chi connectivity index (χ0n) is 8.04. The fourth-order valence-corrected chi connectivity index (χ4v) is 1.38. The number of aldehydes is 1. The van der Waals surface area contributed by atoms with Crippen LogP contribution in [0.5, 0.6) is 0 Å². The summed E-state index contributed by atoms with van der Waals surface area (Å²) >= 11 is 0. The molecule has 1 fully saturated rings. The first-order valence-corrected chi connectivity index (χ1v) is 4.35. The minimum absolute atomic E-state index is 0.363. The van der Waals surface area contributed by atoms with Crippen LogP contribution in [0.4, 0.5) is 0 Å². The Labute approximate surface area is 73.7 Å². The first-order chi connectivity index (χ1) is 5.58. The van der Waals surface area contributed by atoms with Gasteiger partial charge in [0.1, 0.15) is 6.29 Å². The summed E-state index contributed by atoms with van der Waals surface area (Å²) in [5.74, 6) is 0. The number of rotatable bonds is 3. The van der Waals surface area contributed by atoms with E-state index < -0.39 is 0 Å². The Morgan fingerprint density at radius 1 is 1.58 bits per heavy atom. The predicted octanol–water partition coefficient (Wildman–Crippen LogP) is 0.685. The van der Waals surface area contributed by atoms with Crippen molar-refractivity contribution in [2.24, 2.45) is 0 Å². The lowest BCUT2D eigenvalue weighted by atomic mass is 10.0. The molecule has 0 bridgehead atoms. The molecule has 1 saturated heterocycles. The van der Waals surface area contributed by atoms with Gasteiger partial charge in [0.15, 0.2) is 0 Å². The molecule has 1 heterocycles. The molecule has 3 heteroatoms. The molecule has 1 unspecified atom stereocenters. The zero-order valence-corrected chi connectivity index (χ0v) is 8.04. The molecule has 0 amide bonds.